The van der Waals surface area contributed by atoms with Crippen molar-refractivity contribution < 1.29 is 9.53 Å². The van der Waals surface area contributed by atoms with Gasteiger partial charge in [-0.25, -0.2) is 9.97 Å². The third kappa shape index (κ3) is 6.56. The molecule has 1 saturated heterocycles. The summed E-state index contributed by atoms with van der Waals surface area (Å²) in [6.45, 7) is 9.20. The van der Waals surface area contributed by atoms with Gasteiger partial charge in [0.2, 0.25) is 5.95 Å². The van der Waals surface area contributed by atoms with Crippen LogP contribution in [0.15, 0.2) is 47.6 Å². The summed E-state index contributed by atoms with van der Waals surface area (Å²) < 4.78 is 5.40. The number of aliphatic imine (C=N–C) groups is 1. The predicted molar refractivity (Wildman–Crippen MR) is 145 cm³/mol. The highest BCUT2D eigenvalue weighted by Gasteiger charge is 2.16. The molecule has 0 atom stereocenters. The molecule has 1 aromatic carbocycles. The summed E-state index contributed by atoms with van der Waals surface area (Å²) in [6.07, 6.45) is 7.32. The number of carbonyl (C=O) groups excluding carboxylic acids is 1. The standard InChI is InChI=1S/C27H35N7O2/c1-4-10-28-22(5-2)24-9-11-29-27(32-24)30-21-7-8-23-20(18-21)19-25(31-23)26(35)33(3)12-6-13-34-14-16-36-17-15-34/h5,7-11,18-19,31H,4,6,12-17H2,1-3H3,(H,29,30,32)/b22-5-,28-10?. The zero-order chi connectivity index (χ0) is 25.3. The molecule has 0 saturated carbocycles. The first-order valence-corrected chi connectivity index (χ1v) is 12.5. The number of morpholine rings is 1. The number of H-pyrrole nitrogens is 1. The van der Waals surface area contributed by atoms with Gasteiger partial charge in [-0.3, -0.25) is 14.7 Å². The summed E-state index contributed by atoms with van der Waals surface area (Å²) in [5.74, 6) is 0.481. The summed E-state index contributed by atoms with van der Waals surface area (Å²) in [6, 6.07) is 9.64. The van der Waals surface area contributed by atoms with Gasteiger partial charge in [-0.2, -0.15) is 0 Å². The van der Waals surface area contributed by atoms with Crippen LogP contribution in [0.5, 0.6) is 0 Å². The molecule has 1 aliphatic rings. The molecule has 190 valence electrons. The minimum absolute atomic E-state index is 0.00904. The average Bonchev–Trinajstić information content (AvgIpc) is 3.33. The van der Waals surface area contributed by atoms with Gasteiger partial charge in [0.15, 0.2) is 0 Å². The minimum atomic E-state index is -0.00904. The number of fused-ring (bicyclic) bond motifs is 1. The molecule has 1 amide bonds. The van der Waals surface area contributed by atoms with E-state index in [0.717, 1.165) is 73.7 Å². The Labute approximate surface area is 212 Å². The van der Waals surface area contributed by atoms with E-state index < -0.39 is 0 Å². The van der Waals surface area contributed by atoms with Crippen LogP contribution in [-0.4, -0.2) is 83.3 Å². The summed E-state index contributed by atoms with van der Waals surface area (Å²) in [7, 11) is 1.86. The highest BCUT2D eigenvalue weighted by atomic mass is 16.5. The van der Waals surface area contributed by atoms with Crippen LogP contribution in [0.25, 0.3) is 16.6 Å². The number of nitrogens with one attached hydrogen (secondary N) is 2. The number of hydrogen-bond donors (Lipinski definition) is 2. The molecule has 0 aliphatic carbocycles. The van der Waals surface area contributed by atoms with E-state index in [0.29, 0.717) is 18.2 Å². The Bertz CT molecular complexity index is 1230. The Kier molecular flexibility index (Phi) is 8.80. The highest BCUT2D eigenvalue weighted by Crippen LogP contribution is 2.23. The summed E-state index contributed by atoms with van der Waals surface area (Å²) >= 11 is 0. The highest BCUT2D eigenvalue weighted by molar-refractivity contribution is 5.98. The number of amides is 1. The molecule has 2 N–H and O–H groups in total. The Morgan fingerprint density at radius 1 is 1.28 bits per heavy atom. The largest absolute Gasteiger partial charge is 0.379 e. The molecule has 0 unspecified atom stereocenters. The minimum Gasteiger partial charge on any atom is -0.379 e. The lowest BCUT2D eigenvalue weighted by atomic mass is 10.2. The maximum absolute atomic E-state index is 13.0. The molecular formula is C27H35N7O2. The first kappa shape index (κ1) is 25.5. The molecule has 1 aliphatic heterocycles. The fourth-order valence-corrected chi connectivity index (χ4v) is 4.16. The van der Waals surface area contributed by atoms with Gasteiger partial charge in [-0.1, -0.05) is 13.0 Å². The molecule has 0 spiro atoms. The van der Waals surface area contributed by atoms with Gasteiger partial charge in [0.25, 0.3) is 5.91 Å². The van der Waals surface area contributed by atoms with Crippen molar-refractivity contribution in [1.29, 1.82) is 0 Å². The van der Waals surface area contributed by atoms with Crippen LogP contribution in [-0.2, 0) is 4.74 Å². The third-order valence-corrected chi connectivity index (χ3v) is 6.13. The number of aromatic nitrogens is 3. The molecule has 0 radical (unpaired) electrons. The maximum atomic E-state index is 13.0. The molecule has 9 heteroatoms. The van der Waals surface area contributed by atoms with Gasteiger partial charge in [-0.15, -0.1) is 0 Å². The molecule has 3 aromatic rings. The van der Waals surface area contributed by atoms with Crippen LogP contribution in [0.4, 0.5) is 11.6 Å². The number of benzene rings is 1. The number of anilines is 2. The number of carbonyl (C=O) groups is 1. The smallest absolute Gasteiger partial charge is 0.270 e. The quantitative estimate of drug-likeness (QED) is 0.411. The zero-order valence-corrected chi connectivity index (χ0v) is 21.3. The number of allylic oxidation sites excluding steroid dienone is 1. The second-order valence-electron chi connectivity index (χ2n) is 8.80. The van der Waals surface area contributed by atoms with Crippen molar-refractivity contribution in [2.45, 2.75) is 26.7 Å². The van der Waals surface area contributed by atoms with Crippen molar-refractivity contribution >= 4 is 40.4 Å². The number of ether oxygens (including phenoxy) is 1. The van der Waals surface area contributed by atoms with E-state index in [1.807, 2.05) is 63.5 Å². The van der Waals surface area contributed by atoms with Gasteiger partial charge >= 0.3 is 0 Å². The second-order valence-corrected chi connectivity index (χ2v) is 8.80. The molecule has 2 aromatic heterocycles. The van der Waals surface area contributed by atoms with E-state index in [9.17, 15) is 4.79 Å². The molecule has 9 nitrogen and oxygen atoms in total. The number of hydrogen-bond acceptors (Lipinski definition) is 7. The fraction of sp³-hybridized carbons (Fsp3) is 0.407. The van der Waals surface area contributed by atoms with E-state index >= 15 is 0 Å². The Morgan fingerprint density at radius 2 is 2.11 bits per heavy atom. The Balaban J connectivity index is 1.40. The van der Waals surface area contributed by atoms with E-state index in [1.165, 1.54) is 0 Å². The van der Waals surface area contributed by atoms with Crippen molar-refractivity contribution in [1.82, 2.24) is 24.8 Å². The Hall–Kier alpha value is -3.56. The lowest BCUT2D eigenvalue weighted by Gasteiger charge is -2.27. The van der Waals surface area contributed by atoms with E-state index in [4.69, 9.17) is 4.74 Å². The molecule has 3 heterocycles. The Morgan fingerprint density at radius 3 is 2.89 bits per heavy atom. The van der Waals surface area contributed by atoms with Crippen molar-refractivity contribution in [3.63, 3.8) is 0 Å². The lowest BCUT2D eigenvalue weighted by Crippen LogP contribution is -2.38. The molecule has 36 heavy (non-hydrogen) atoms. The SMILES string of the molecule is C/C=C(\N=CCC)c1ccnc(Nc2ccc3[nH]c(C(=O)N(C)CCCN4CCOCC4)cc3c2)n1. The zero-order valence-electron chi connectivity index (χ0n) is 21.3. The van der Waals surface area contributed by atoms with Gasteiger partial charge in [-0.05, 0) is 50.1 Å². The van der Waals surface area contributed by atoms with Crippen molar-refractivity contribution in [3.05, 3.63) is 54.0 Å². The lowest BCUT2D eigenvalue weighted by molar-refractivity contribution is 0.0361. The van der Waals surface area contributed by atoms with Crippen LogP contribution < -0.4 is 5.32 Å². The van der Waals surface area contributed by atoms with Crippen molar-refractivity contribution in [2.75, 3.05) is 51.8 Å². The topological polar surface area (TPSA) is 98.7 Å². The monoisotopic (exact) mass is 489 g/mol. The number of nitrogens with zero attached hydrogens (tertiary/aromatic N) is 5. The average molecular weight is 490 g/mol. The summed E-state index contributed by atoms with van der Waals surface area (Å²) in [4.78, 5) is 33.8. The van der Waals surface area contributed by atoms with E-state index in [-0.39, 0.29) is 5.91 Å². The maximum Gasteiger partial charge on any atom is 0.270 e. The van der Waals surface area contributed by atoms with Crippen LogP contribution in [0.1, 0.15) is 42.9 Å². The summed E-state index contributed by atoms with van der Waals surface area (Å²) in [5, 5.41) is 4.21. The van der Waals surface area contributed by atoms with Crippen LogP contribution in [0, 0.1) is 0 Å². The first-order valence-electron chi connectivity index (χ1n) is 12.5. The van der Waals surface area contributed by atoms with Gasteiger partial charge in [0.1, 0.15) is 5.69 Å². The third-order valence-electron chi connectivity index (χ3n) is 6.13. The number of rotatable bonds is 10. The first-order chi connectivity index (χ1) is 17.6. The van der Waals surface area contributed by atoms with Crippen LogP contribution in [0.3, 0.4) is 0 Å². The molecule has 4 rings (SSSR count). The van der Waals surface area contributed by atoms with Crippen molar-refractivity contribution in [2.24, 2.45) is 4.99 Å². The van der Waals surface area contributed by atoms with Crippen molar-refractivity contribution in [3.8, 4) is 0 Å². The predicted octanol–water partition coefficient (Wildman–Crippen LogP) is 4.34. The van der Waals surface area contributed by atoms with Gasteiger partial charge in [0, 0.05) is 62.2 Å². The fourth-order valence-electron chi connectivity index (χ4n) is 4.16. The van der Waals surface area contributed by atoms with Crippen LogP contribution in [0.2, 0.25) is 0 Å². The van der Waals surface area contributed by atoms with E-state index in [1.54, 1.807) is 11.1 Å². The molecule has 0 bridgehead atoms. The van der Waals surface area contributed by atoms with Gasteiger partial charge < -0.3 is 19.9 Å². The number of aromatic amines is 1. The van der Waals surface area contributed by atoms with Crippen LogP contribution >= 0.6 is 0 Å². The normalized spacial score (nSPS) is 15.0. The molecular weight excluding hydrogens is 454 g/mol. The molecule has 1 fully saturated rings. The van der Waals surface area contributed by atoms with Gasteiger partial charge in [0.05, 0.1) is 24.6 Å². The second kappa shape index (κ2) is 12.4. The van der Waals surface area contributed by atoms with E-state index in [2.05, 4.69) is 30.2 Å². The summed E-state index contributed by atoms with van der Waals surface area (Å²) in [5.41, 5.74) is 3.90.